The minimum Gasteiger partial charge on any atom is -0.434 e. The van der Waals surface area contributed by atoms with Crippen LogP contribution < -0.4 is 11.0 Å². The van der Waals surface area contributed by atoms with Crippen LogP contribution in [0.1, 0.15) is 32.2 Å². The summed E-state index contributed by atoms with van der Waals surface area (Å²) in [7, 11) is 3.68. The first-order valence-electron chi connectivity index (χ1n) is 12.1. The normalized spacial score (nSPS) is 18.2. The molecule has 1 fully saturated rings. The van der Waals surface area contributed by atoms with E-state index in [-0.39, 0.29) is 17.8 Å². The average molecular weight is 486 g/mol. The van der Waals surface area contributed by atoms with Gasteiger partial charge in [-0.3, -0.25) is 9.25 Å². The molecule has 1 aliphatic rings. The van der Waals surface area contributed by atoms with Crippen molar-refractivity contribution < 1.29 is 9.15 Å². The number of aryl methyl sites for hydroxylation is 1. The van der Waals surface area contributed by atoms with Crippen molar-refractivity contribution in [3.05, 3.63) is 53.5 Å². The second kappa shape index (κ2) is 8.87. The smallest absolute Gasteiger partial charge is 0.349 e. The number of nitrogens with one attached hydrogen (secondary N) is 1. The molecule has 1 saturated heterocycles. The molecule has 1 N–H and O–H groups in total. The van der Waals surface area contributed by atoms with Crippen molar-refractivity contribution >= 4 is 28.0 Å². The van der Waals surface area contributed by atoms with Crippen molar-refractivity contribution in [3.8, 4) is 22.4 Å². The zero-order valence-electron chi connectivity index (χ0n) is 20.4. The molecule has 10 heteroatoms. The lowest BCUT2D eigenvalue weighted by molar-refractivity contribution is -0.00709. The van der Waals surface area contributed by atoms with E-state index in [0.717, 1.165) is 41.6 Å². The van der Waals surface area contributed by atoms with Crippen LogP contribution in [0.25, 0.3) is 44.6 Å². The van der Waals surface area contributed by atoms with Gasteiger partial charge in [-0.05, 0) is 37.5 Å². The summed E-state index contributed by atoms with van der Waals surface area (Å²) in [4.78, 5) is 27.2. The van der Waals surface area contributed by atoms with Crippen molar-refractivity contribution in [2.24, 2.45) is 7.05 Å². The van der Waals surface area contributed by atoms with Crippen LogP contribution in [0.2, 0.25) is 0 Å². The lowest BCUT2D eigenvalue weighted by Crippen LogP contribution is -2.34. The Balaban J connectivity index is 1.63. The number of pyridine rings is 2. The van der Waals surface area contributed by atoms with E-state index < -0.39 is 0 Å². The molecule has 10 nitrogen and oxygen atoms in total. The Hall–Kier alpha value is -4.05. The number of aromatic nitrogens is 6. The maximum atomic E-state index is 13.6. The molecule has 0 aromatic carbocycles. The number of nitrogens with zero attached hydrogens (tertiary/aromatic N) is 6. The maximum Gasteiger partial charge on any atom is 0.349 e. The van der Waals surface area contributed by atoms with Crippen LogP contribution in [0.3, 0.4) is 0 Å². The molecule has 0 radical (unpaired) electrons. The van der Waals surface area contributed by atoms with Gasteiger partial charge in [0.25, 0.3) is 0 Å². The topological polar surface area (TPSA) is 113 Å². The number of anilines is 1. The van der Waals surface area contributed by atoms with Gasteiger partial charge in [-0.1, -0.05) is 6.92 Å². The van der Waals surface area contributed by atoms with Crippen molar-refractivity contribution in [1.29, 1.82) is 0 Å². The predicted octanol–water partition coefficient (Wildman–Crippen LogP) is 4.17. The molecular formula is C26H27N7O3. The Bertz CT molecular complexity index is 1620. The van der Waals surface area contributed by atoms with Crippen LogP contribution in [-0.2, 0) is 11.8 Å². The van der Waals surface area contributed by atoms with Crippen molar-refractivity contribution in [1.82, 2.24) is 29.3 Å². The van der Waals surface area contributed by atoms with Crippen LogP contribution in [0.15, 0.2) is 52.2 Å². The molecule has 0 spiro atoms. The third kappa shape index (κ3) is 3.74. The Kier molecular flexibility index (Phi) is 5.52. The number of hydrogen-bond acceptors (Lipinski definition) is 8. The first-order valence-corrected chi connectivity index (χ1v) is 12.1. The van der Waals surface area contributed by atoms with Crippen molar-refractivity contribution in [3.63, 3.8) is 0 Å². The summed E-state index contributed by atoms with van der Waals surface area (Å²) in [6, 6.07) is 5.70. The molecule has 1 aliphatic heterocycles. The van der Waals surface area contributed by atoms with E-state index in [4.69, 9.17) is 9.15 Å². The van der Waals surface area contributed by atoms with E-state index in [1.807, 2.05) is 38.5 Å². The monoisotopic (exact) mass is 485 g/mol. The van der Waals surface area contributed by atoms with Gasteiger partial charge in [0.1, 0.15) is 17.0 Å². The lowest BCUT2D eigenvalue weighted by atomic mass is 10.0. The van der Waals surface area contributed by atoms with E-state index in [1.165, 1.54) is 0 Å². The van der Waals surface area contributed by atoms with Crippen LogP contribution >= 0.6 is 0 Å². The first kappa shape index (κ1) is 22.4. The van der Waals surface area contributed by atoms with Gasteiger partial charge in [0.15, 0.2) is 5.58 Å². The number of furan rings is 1. The van der Waals surface area contributed by atoms with Crippen LogP contribution in [0.5, 0.6) is 0 Å². The van der Waals surface area contributed by atoms with Gasteiger partial charge in [-0.25, -0.2) is 14.8 Å². The highest BCUT2D eigenvalue weighted by atomic mass is 16.5. The Morgan fingerprint density at radius 1 is 1.14 bits per heavy atom. The molecule has 6 heterocycles. The van der Waals surface area contributed by atoms with E-state index in [9.17, 15) is 4.79 Å². The molecule has 0 aliphatic carbocycles. The standard InChI is InChI=1S/C26H27N7O3/c1-4-19-10-18(7-8-35-19)33-23-20-9-16(17-13-30-32(3)14-17)12-29-25(20)36-24(23)22(31-26(33)34)15-5-6-21(27-2)28-11-15/h5-6,9,11-14,18-19H,4,7-8,10H2,1-3H3,(H,27,28)/t18-,19-/m0/s1. The van der Waals surface area contributed by atoms with Gasteiger partial charge >= 0.3 is 5.69 Å². The van der Waals surface area contributed by atoms with Gasteiger partial charge < -0.3 is 14.5 Å². The van der Waals surface area contributed by atoms with Gasteiger partial charge in [0, 0.05) is 62.0 Å². The fourth-order valence-electron chi connectivity index (χ4n) is 4.99. The minimum atomic E-state index is -0.313. The van der Waals surface area contributed by atoms with E-state index in [1.54, 1.807) is 27.8 Å². The molecule has 0 bridgehead atoms. The Morgan fingerprint density at radius 2 is 2.00 bits per heavy atom. The van der Waals surface area contributed by atoms with Crippen LogP contribution in [0.4, 0.5) is 5.82 Å². The molecule has 5 aromatic heterocycles. The summed E-state index contributed by atoms with van der Waals surface area (Å²) in [6.45, 7) is 2.70. The molecule has 2 atom stereocenters. The Morgan fingerprint density at radius 3 is 2.72 bits per heavy atom. The summed E-state index contributed by atoms with van der Waals surface area (Å²) in [6.07, 6.45) is 9.66. The third-order valence-electron chi connectivity index (χ3n) is 6.88. The summed E-state index contributed by atoms with van der Waals surface area (Å²) >= 11 is 0. The number of fused-ring (bicyclic) bond motifs is 3. The number of ether oxygens (including phenoxy) is 1. The molecular weight excluding hydrogens is 458 g/mol. The lowest BCUT2D eigenvalue weighted by Gasteiger charge is -2.30. The fourth-order valence-corrected chi connectivity index (χ4v) is 4.99. The zero-order valence-corrected chi connectivity index (χ0v) is 20.4. The summed E-state index contributed by atoms with van der Waals surface area (Å²) < 4.78 is 15.7. The largest absolute Gasteiger partial charge is 0.434 e. The maximum absolute atomic E-state index is 13.6. The first-order chi connectivity index (χ1) is 17.6. The molecule has 0 amide bonds. The second-order valence-corrected chi connectivity index (χ2v) is 9.13. The van der Waals surface area contributed by atoms with E-state index in [2.05, 4.69) is 32.3 Å². The average Bonchev–Trinajstić information content (AvgIpc) is 3.51. The third-order valence-corrected chi connectivity index (χ3v) is 6.88. The summed E-state index contributed by atoms with van der Waals surface area (Å²) in [5.41, 5.74) is 4.37. The highest BCUT2D eigenvalue weighted by molar-refractivity contribution is 6.06. The van der Waals surface area contributed by atoms with Crippen LogP contribution in [0, 0.1) is 0 Å². The van der Waals surface area contributed by atoms with Gasteiger partial charge in [-0.15, -0.1) is 0 Å². The quantitative estimate of drug-likeness (QED) is 0.395. The molecule has 6 rings (SSSR count). The number of hydrogen-bond donors (Lipinski definition) is 1. The molecule has 0 saturated carbocycles. The minimum absolute atomic E-state index is 0.0482. The molecule has 0 unspecified atom stereocenters. The molecule has 184 valence electrons. The Labute approximate surface area is 207 Å². The van der Waals surface area contributed by atoms with Gasteiger partial charge in [-0.2, -0.15) is 10.1 Å². The van der Waals surface area contributed by atoms with Crippen LogP contribution in [-0.4, -0.2) is 49.1 Å². The SMILES string of the molecule is CC[C@H]1C[C@@H](n2c(=O)nc(-c3ccc(NC)nc3)c3oc4ncc(-c5cnn(C)c5)cc4c32)CCO1. The molecule has 5 aromatic rings. The highest BCUT2D eigenvalue weighted by Gasteiger charge is 2.29. The van der Waals surface area contributed by atoms with Gasteiger partial charge in [0.05, 0.1) is 17.7 Å². The van der Waals surface area contributed by atoms with E-state index >= 15 is 0 Å². The fraction of sp³-hybridized carbons (Fsp3) is 0.346. The zero-order chi connectivity index (χ0) is 24.8. The highest BCUT2D eigenvalue weighted by Crippen LogP contribution is 2.37. The second-order valence-electron chi connectivity index (χ2n) is 9.13. The van der Waals surface area contributed by atoms with E-state index in [0.29, 0.717) is 34.7 Å². The predicted molar refractivity (Wildman–Crippen MR) is 137 cm³/mol. The molecule has 36 heavy (non-hydrogen) atoms. The van der Waals surface area contributed by atoms with Crippen molar-refractivity contribution in [2.45, 2.75) is 38.3 Å². The summed E-state index contributed by atoms with van der Waals surface area (Å²) in [5.74, 6) is 0.725. The van der Waals surface area contributed by atoms with Crippen molar-refractivity contribution in [2.75, 3.05) is 19.0 Å². The van der Waals surface area contributed by atoms with Gasteiger partial charge in [0.2, 0.25) is 5.71 Å². The summed E-state index contributed by atoms with van der Waals surface area (Å²) in [5, 5.41) is 8.07. The number of rotatable bonds is 5.